The molecular formula is C23H23N3O2. The van der Waals surface area contributed by atoms with Gasteiger partial charge in [-0.25, -0.2) is 0 Å². The van der Waals surface area contributed by atoms with Gasteiger partial charge in [-0.2, -0.15) is 5.26 Å². The molecule has 0 saturated carbocycles. The van der Waals surface area contributed by atoms with Crippen LogP contribution in [0.5, 0.6) is 0 Å². The summed E-state index contributed by atoms with van der Waals surface area (Å²) in [6, 6.07) is 19.0. The molecule has 1 spiro atoms. The second-order valence-electron chi connectivity index (χ2n) is 7.74. The minimum Gasteiger partial charge on any atom is -0.339 e. The zero-order chi connectivity index (χ0) is 19.7. The molecule has 2 heterocycles. The third-order valence-electron chi connectivity index (χ3n) is 6.39. The number of amides is 2. The van der Waals surface area contributed by atoms with Gasteiger partial charge in [0.1, 0.15) is 0 Å². The summed E-state index contributed by atoms with van der Waals surface area (Å²) >= 11 is 0. The molecule has 0 unspecified atom stereocenters. The van der Waals surface area contributed by atoms with Gasteiger partial charge in [-0.05, 0) is 37.0 Å². The third kappa shape index (κ3) is 2.95. The van der Waals surface area contributed by atoms with Crippen LogP contribution in [0.3, 0.4) is 0 Å². The summed E-state index contributed by atoms with van der Waals surface area (Å²) in [6.07, 6.45) is 2.32. The summed E-state index contributed by atoms with van der Waals surface area (Å²) < 4.78 is 0. The first-order valence-corrected chi connectivity index (χ1v) is 9.67. The molecule has 0 aliphatic carbocycles. The zero-order valence-corrected chi connectivity index (χ0v) is 16.0. The minimum absolute atomic E-state index is 0.0985. The highest BCUT2D eigenvalue weighted by molar-refractivity contribution is 5.96. The van der Waals surface area contributed by atoms with E-state index in [1.54, 1.807) is 24.3 Å². The average molecular weight is 373 g/mol. The number of nitriles is 1. The van der Waals surface area contributed by atoms with E-state index >= 15 is 0 Å². The Labute approximate surface area is 165 Å². The monoisotopic (exact) mass is 373 g/mol. The summed E-state index contributed by atoms with van der Waals surface area (Å²) in [6.45, 7) is 1.19. The lowest BCUT2D eigenvalue weighted by Gasteiger charge is -2.43. The molecule has 1 atom stereocenters. The topological polar surface area (TPSA) is 64.4 Å². The Balaban J connectivity index is 1.50. The van der Waals surface area contributed by atoms with E-state index in [0.29, 0.717) is 24.2 Å². The van der Waals surface area contributed by atoms with Gasteiger partial charge in [-0.15, -0.1) is 0 Å². The highest BCUT2D eigenvalue weighted by atomic mass is 16.2. The highest BCUT2D eigenvalue weighted by Gasteiger charge is 2.50. The summed E-state index contributed by atoms with van der Waals surface area (Å²) in [4.78, 5) is 29.5. The van der Waals surface area contributed by atoms with Crippen LogP contribution < -0.4 is 0 Å². The molecule has 0 radical (unpaired) electrons. The number of piperidine rings is 1. The molecule has 2 aromatic rings. The fourth-order valence-electron chi connectivity index (χ4n) is 4.62. The Morgan fingerprint density at radius 2 is 1.71 bits per heavy atom. The Hall–Kier alpha value is -3.13. The van der Waals surface area contributed by atoms with Crippen molar-refractivity contribution in [1.29, 1.82) is 5.26 Å². The van der Waals surface area contributed by atoms with Gasteiger partial charge >= 0.3 is 0 Å². The quantitative estimate of drug-likeness (QED) is 0.812. The number of carbonyl (C=O) groups is 2. The van der Waals surface area contributed by atoms with Crippen LogP contribution in [0.4, 0.5) is 0 Å². The van der Waals surface area contributed by atoms with Gasteiger partial charge in [-0.1, -0.05) is 42.5 Å². The van der Waals surface area contributed by atoms with E-state index in [-0.39, 0.29) is 23.3 Å². The van der Waals surface area contributed by atoms with E-state index in [4.69, 9.17) is 0 Å². The van der Waals surface area contributed by atoms with Gasteiger partial charge in [0, 0.05) is 25.7 Å². The van der Waals surface area contributed by atoms with Crippen LogP contribution >= 0.6 is 0 Å². The van der Waals surface area contributed by atoms with Crippen molar-refractivity contribution >= 4 is 11.8 Å². The Bertz CT molecular complexity index is 940. The van der Waals surface area contributed by atoms with E-state index in [2.05, 4.69) is 6.07 Å². The van der Waals surface area contributed by atoms with E-state index < -0.39 is 0 Å². The second-order valence-corrected chi connectivity index (χ2v) is 7.74. The summed E-state index contributed by atoms with van der Waals surface area (Å²) in [7, 11) is 1.90. The van der Waals surface area contributed by atoms with Crippen LogP contribution in [0, 0.1) is 11.3 Å². The second kappa shape index (κ2) is 7.12. The third-order valence-corrected chi connectivity index (χ3v) is 6.39. The molecule has 28 heavy (non-hydrogen) atoms. The number of rotatable bonds is 2. The van der Waals surface area contributed by atoms with Crippen molar-refractivity contribution in [3.8, 4) is 6.07 Å². The maximum absolute atomic E-state index is 12.9. The first-order valence-electron chi connectivity index (χ1n) is 9.67. The molecule has 2 fully saturated rings. The van der Waals surface area contributed by atoms with Crippen molar-refractivity contribution in [3.63, 3.8) is 0 Å². The predicted octanol–water partition coefficient (Wildman–Crippen LogP) is 3.18. The largest absolute Gasteiger partial charge is 0.339 e. The van der Waals surface area contributed by atoms with Crippen molar-refractivity contribution in [2.24, 2.45) is 0 Å². The summed E-state index contributed by atoms with van der Waals surface area (Å²) in [5.74, 6) is -0.0350. The van der Waals surface area contributed by atoms with Crippen molar-refractivity contribution in [2.75, 3.05) is 20.1 Å². The van der Waals surface area contributed by atoms with E-state index in [9.17, 15) is 14.9 Å². The fourth-order valence-corrected chi connectivity index (χ4v) is 4.62. The molecule has 5 heteroatoms. The molecule has 5 nitrogen and oxygen atoms in total. The van der Waals surface area contributed by atoms with Crippen LogP contribution in [0.2, 0.25) is 0 Å². The van der Waals surface area contributed by atoms with Gasteiger partial charge in [0.2, 0.25) is 5.91 Å². The maximum atomic E-state index is 12.9. The van der Waals surface area contributed by atoms with Crippen molar-refractivity contribution in [1.82, 2.24) is 9.80 Å². The molecular weight excluding hydrogens is 350 g/mol. The van der Waals surface area contributed by atoms with Crippen molar-refractivity contribution in [2.45, 2.75) is 30.7 Å². The van der Waals surface area contributed by atoms with E-state index in [1.165, 1.54) is 0 Å². The molecule has 2 aliphatic heterocycles. The standard InChI is InChI=1S/C23H23N3O2/c1-25-21(27)20(17-7-3-2-4-8-17)15-23(25)11-13-26(14-12-23)22(28)19-10-6-5-9-18(19)16-24/h2-10,20H,11-15H2,1H3/t20-/m0/s1. The molecule has 142 valence electrons. The van der Waals surface area contributed by atoms with E-state index in [0.717, 1.165) is 24.8 Å². The van der Waals surface area contributed by atoms with Crippen LogP contribution in [0.25, 0.3) is 0 Å². The minimum atomic E-state index is -0.191. The van der Waals surface area contributed by atoms with Crippen molar-refractivity contribution < 1.29 is 9.59 Å². The summed E-state index contributed by atoms with van der Waals surface area (Å²) in [5.41, 5.74) is 1.74. The van der Waals surface area contributed by atoms with Gasteiger partial charge in [-0.3, -0.25) is 9.59 Å². The molecule has 2 aliphatic rings. The highest BCUT2D eigenvalue weighted by Crippen LogP contribution is 2.45. The molecule has 4 rings (SSSR count). The Kier molecular flexibility index (Phi) is 4.64. The first-order chi connectivity index (χ1) is 13.6. The van der Waals surface area contributed by atoms with Crippen LogP contribution in [0.15, 0.2) is 54.6 Å². The maximum Gasteiger partial charge on any atom is 0.255 e. The smallest absolute Gasteiger partial charge is 0.255 e. The number of hydrogen-bond donors (Lipinski definition) is 0. The number of likely N-dealkylation sites (N-methyl/N-ethyl adjacent to an activating group) is 1. The molecule has 0 bridgehead atoms. The first kappa shape index (κ1) is 18.2. The molecule has 2 saturated heterocycles. The van der Waals surface area contributed by atoms with Gasteiger partial charge in [0.05, 0.1) is 23.1 Å². The average Bonchev–Trinajstić information content (AvgIpc) is 2.99. The van der Waals surface area contributed by atoms with E-state index in [1.807, 2.05) is 47.2 Å². The van der Waals surface area contributed by atoms with Gasteiger partial charge < -0.3 is 9.80 Å². The van der Waals surface area contributed by atoms with Crippen LogP contribution in [-0.2, 0) is 4.79 Å². The molecule has 0 aromatic heterocycles. The zero-order valence-electron chi connectivity index (χ0n) is 16.0. The number of nitrogens with zero attached hydrogens (tertiary/aromatic N) is 3. The SMILES string of the molecule is CN1C(=O)[C@H](c2ccccc2)CC12CCN(C(=O)c1ccccc1C#N)CC2. The lowest BCUT2D eigenvalue weighted by atomic mass is 9.81. The molecule has 2 amide bonds. The number of carbonyl (C=O) groups excluding carboxylic acids is 2. The number of hydrogen-bond acceptors (Lipinski definition) is 3. The lowest BCUT2D eigenvalue weighted by Crippen LogP contribution is -2.52. The van der Waals surface area contributed by atoms with Crippen molar-refractivity contribution in [3.05, 3.63) is 71.3 Å². The number of likely N-dealkylation sites (tertiary alicyclic amines) is 2. The predicted molar refractivity (Wildman–Crippen MR) is 106 cm³/mol. The van der Waals surface area contributed by atoms with Crippen LogP contribution in [-0.4, -0.2) is 47.3 Å². The fraction of sp³-hybridized carbons (Fsp3) is 0.348. The Morgan fingerprint density at radius 3 is 2.39 bits per heavy atom. The number of benzene rings is 2. The van der Waals surface area contributed by atoms with Crippen LogP contribution in [0.1, 0.15) is 46.7 Å². The van der Waals surface area contributed by atoms with Gasteiger partial charge in [0.15, 0.2) is 0 Å². The molecule has 0 N–H and O–H groups in total. The molecule has 2 aromatic carbocycles. The Morgan fingerprint density at radius 1 is 1.07 bits per heavy atom. The van der Waals surface area contributed by atoms with Gasteiger partial charge in [0.25, 0.3) is 5.91 Å². The lowest BCUT2D eigenvalue weighted by molar-refractivity contribution is -0.131. The summed E-state index contributed by atoms with van der Waals surface area (Å²) in [5, 5.41) is 9.27. The normalized spacial score (nSPS) is 21.0.